The second kappa shape index (κ2) is 11.0. The fraction of sp³-hybridized carbons (Fsp3) is 0.194. The average Bonchev–Trinajstić information content (AvgIpc) is 3.01. The van der Waals surface area contributed by atoms with Crippen LogP contribution in [-0.4, -0.2) is 59.1 Å². The van der Waals surface area contributed by atoms with Crippen molar-refractivity contribution in [3.05, 3.63) is 85.5 Å². The molecule has 6 rings (SSSR count). The Kier molecular flexibility index (Phi) is 6.93. The number of nitrogens with one attached hydrogen (secondary N) is 1. The topological polar surface area (TPSA) is 96.4 Å². The van der Waals surface area contributed by atoms with E-state index in [0.717, 1.165) is 82.5 Å². The number of ether oxygens (including phenoxy) is 1. The van der Waals surface area contributed by atoms with Crippen LogP contribution in [0.15, 0.2) is 85.5 Å². The zero-order valence-electron chi connectivity index (χ0n) is 22.4. The van der Waals surface area contributed by atoms with E-state index in [1.807, 2.05) is 48.7 Å². The molecule has 2 aromatic heterocycles. The van der Waals surface area contributed by atoms with Gasteiger partial charge >= 0.3 is 0 Å². The molecule has 0 spiro atoms. The van der Waals surface area contributed by atoms with E-state index in [2.05, 4.69) is 43.3 Å². The van der Waals surface area contributed by atoms with Crippen molar-refractivity contribution in [1.82, 2.24) is 19.9 Å². The van der Waals surface area contributed by atoms with Gasteiger partial charge in [0.25, 0.3) is 0 Å². The molecule has 5 aromatic rings. The maximum absolute atomic E-state index is 11.9. The molecule has 0 atom stereocenters. The fourth-order valence-electron chi connectivity index (χ4n) is 5.00. The van der Waals surface area contributed by atoms with Gasteiger partial charge in [0.1, 0.15) is 17.4 Å². The van der Waals surface area contributed by atoms with Gasteiger partial charge in [0.15, 0.2) is 0 Å². The van der Waals surface area contributed by atoms with E-state index in [1.54, 1.807) is 25.7 Å². The number of methoxy groups -OCH3 is 1. The van der Waals surface area contributed by atoms with Crippen LogP contribution < -0.4 is 19.9 Å². The van der Waals surface area contributed by atoms with Crippen LogP contribution in [0.2, 0.25) is 0 Å². The highest BCUT2D eigenvalue weighted by molar-refractivity contribution is 5.96. The van der Waals surface area contributed by atoms with Crippen molar-refractivity contribution in [3.8, 4) is 28.0 Å². The van der Waals surface area contributed by atoms with Gasteiger partial charge in [-0.3, -0.25) is 14.8 Å². The summed E-state index contributed by atoms with van der Waals surface area (Å²) < 4.78 is 5.43. The molecule has 1 amide bonds. The standard InChI is InChI=1S/C31H29N7O2/c1-21(39)35-27-8-6-22(17-26(27)24-4-3-5-25(16-24)40-2)23-7-9-28-29(18-23)36-31(20-34-28)38-14-12-37(13-15-38)30-19-32-10-11-33-30/h3-11,16-20H,12-15H2,1-2H3,(H,35,39). The molecule has 0 radical (unpaired) electrons. The third-order valence-electron chi connectivity index (χ3n) is 7.05. The van der Waals surface area contributed by atoms with Crippen LogP contribution >= 0.6 is 0 Å². The summed E-state index contributed by atoms with van der Waals surface area (Å²) in [5.74, 6) is 2.39. The van der Waals surface area contributed by atoms with Crippen LogP contribution in [0.1, 0.15) is 6.92 Å². The fourth-order valence-corrected chi connectivity index (χ4v) is 5.00. The maximum atomic E-state index is 11.9. The smallest absolute Gasteiger partial charge is 0.221 e. The second-order valence-corrected chi connectivity index (χ2v) is 9.64. The van der Waals surface area contributed by atoms with Crippen LogP contribution in [0.5, 0.6) is 5.75 Å². The Morgan fingerprint density at radius 1 is 0.800 bits per heavy atom. The third-order valence-corrected chi connectivity index (χ3v) is 7.05. The number of nitrogens with zero attached hydrogens (tertiary/aromatic N) is 6. The van der Waals surface area contributed by atoms with Crippen molar-refractivity contribution >= 4 is 34.3 Å². The molecule has 1 aliphatic rings. The normalized spacial score (nSPS) is 13.3. The van der Waals surface area contributed by atoms with Crippen molar-refractivity contribution in [1.29, 1.82) is 0 Å². The van der Waals surface area contributed by atoms with Crippen LogP contribution in [0.25, 0.3) is 33.3 Å². The Balaban J connectivity index is 1.30. The number of aromatic nitrogens is 4. The van der Waals surface area contributed by atoms with Gasteiger partial charge in [-0.05, 0) is 53.1 Å². The van der Waals surface area contributed by atoms with Crippen LogP contribution in [0, 0.1) is 0 Å². The molecule has 1 fully saturated rings. The van der Waals surface area contributed by atoms with Crippen molar-refractivity contribution in [3.63, 3.8) is 0 Å². The van der Waals surface area contributed by atoms with Crippen molar-refractivity contribution < 1.29 is 9.53 Å². The maximum Gasteiger partial charge on any atom is 0.221 e. The van der Waals surface area contributed by atoms with E-state index in [-0.39, 0.29) is 5.91 Å². The Morgan fingerprint density at radius 3 is 2.33 bits per heavy atom. The molecule has 9 nitrogen and oxygen atoms in total. The first-order valence-electron chi connectivity index (χ1n) is 13.2. The van der Waals surface area contributed by atoms with E-state index in [1.165, 1.54) is 6.92 Å². The summed E-state index contributed by atoms with van der Waals surface area (Å²) in [6.07, 6.45) is 7.06. The number of fused-ring (bicyclic) bond motifs is 1. The van der Waals surface area contributed by atoms with Crippen molar-refractivity contribution in [2.24, 2.45) is 0 Å². The van der Waals surface area contributed by atoms with Gasteiger partial charge in [-0.1, -0.05) is 24.3 Å². The molecular formula is C31H29N7O2. The number of carbonyl (C=O) groups is 1. The van der Waals surface area contributed by atoms with Gasteiger partial charge in [-0.2, -0.15) is 0 Å². The minimum absolute atomic E-state index is 0.122. The van der Waals surface area contributed by atoms with E-state index in [9.17, 15) is 4.79 Å². The first kappa shape index (κ1) is 25.2. The van der Waals surface area contributed by atoms with Gasteiger partial charge in [0, 0.05) is 56.7 Å². The van der Waals surface area contributed by atoms with Crippen molar-refractivity contribution in [2.75, 3.05) is 48.4 Å². The number of anilines is 3. The van der Waals surface area contributed by atoms with Crippen LogP contribution in [0.3, 0.4) is 0 Å². The Hall–Kier alpha value is -5.05. The highest BCUT2D eigenvalue weighted by Gasteiger charge is 2.20. The summed E-state index contributed by atoms with van der Waals surface area (Å²) in [5, 5.41) is 2.96. The summed E-state index contributed by atoms with van der Waals surface area (Å²) in [4.78, 5) is 34.7. The molecule has 1 saturated heterocycles. The van der Waals surface area contributed by atoms with Gasteiger partial charge in [0.05, 0.1) is 30.5 Å². The number of rotatable bonds is 6. The van der Waals surface area contributed by atoms with Gasteiger partial charge in [-0.15, -0.1) is 0 Å². The molecule has 1 N–H and O–H groups in total. The first-order valence-corrected chi connectivity index (χ1v) is 13.2. The number of hydrogen-bond donors (Lipinski definition) is 1. The molecule has 0 saturated carbocycles. The van der Waals surface area contributed by atoms with Crippen molar-refractivity contribution in [2.45, 2.75) is 6.92 Å². The van der Waals surface area contributed by atoms with Gasteiger partial charge < -0.3 is 19.9 Å². The second-order valence-electron chi connectivity index (χ2n) is 9.64. The highest BCUT2D eigenvalue weighted by Crippen LogP contribution is 2.35. The number of benzene rings is 3. The number of amides is 1. The molecule has 1 aliphatic heterocycles. The van der Waals surface area contributed by atoms with E-state index in [4.69, 9.17) is 14.7 Å². The molecule has 9 heteroatoms. The van der Waals surface area contributed by atoms with E-state index < -0.39 is 0 Å². The molecule has 0 unspecified atom stereocenters. The number of carbonyl (C=O) groups excluding carboxylic acids is 1. The summed E-state index contributed by atoms with van der Waals surface area (Å²) in [5.41, 5.74) is 6.31. The van der Waals surface area contributed by atoms with Gasteiger partial charge in [0.2, 0.25) is 5.91 Å². The lowest BCUT2D eigenvalue weighted by Crippen LogP contribution is -2.47. The average molecular weight is 532 g/mol. The zero-order chi connectivity index (χ0) is 27.5. The largest absolute Gasteiger partial charge is 0.497 e. The summed E-state index contributed by atoms with van der Waals surface area (Å²) in [6.45, 7) is 4.84. The minimum atomic E-state index is -0.122. The highest BCUT2D eigenvalue weighted by atomic mass is 16.5. The Labute approximate surface area is 232 Å². The lowest BCUT2D eigenvalue weighted by atomic mass is 9.97. The predicted molar refractivity (Wildman–Crippen MR) is 158 cm³/mol. The quantitative estimate of drug-likeness (QED) is 0.325. The zero-order valence-corrected chi connectivity index (χ0v) is 22.4. The summed E-state index contributed by atoms with van der Waals surface area (Å²) in [6, 6.07) is 20.0. The SMILES string of the molecule is COc1cccc(-c2cc(-c3ccc4ncc(N5CCN(c6cnccn6)CC5)nc4c3)ccc2NC(C)=O)c1. The lowest BCUT2D eigenvalue weighted by Gasteiger charge is -2.35. The molecular weight excluding hydrogens is 502 g/mol. The lowest BCUT2D eigenvalue weighted by molar-refractivity contribution is -0.114. The molecule has 3 heterocycles. The van der Waals surface area contributed by atoms with Crippen LogP contribution in [0.4, 0.5) is 17.3 Å². The van der Waals surface area contributed by atoms with Crippen LogP contribution in [-0.2, 0) is 4.79 Å². The number of piperazine rings is 1. The molecule has 0 aliphatic carbocycles. The first-order chi connectivity index (χ1) is 19.6. The monoisotopic (exact) mass is 531 g/mol. The molecule has 200 valence electrons. The molecule has 3 aromatic carbocycles. The molecule has 0 bridgehead atoms. The summed E-state index contributed by atoms with van der Waals surface area (Å²) in [7, 11) is 1.65. The Bertz CT molecular complexity index is 1670. The summed E-state index contributed by atoms with van der Waals surface area (Å²) >= 11 is 0. The van der Waals surface area contributed by atoms with E-state index >= 15 is 0 Å². The minimum Gasteiger partial charge on any atom is -0.497 e. The molecule has 40 heavy (non-hydrogen) atoms. The van der Waals surface area contributed by atoms with Gasteiger partial charge in [-0.25, -0.2) is 9.97 Å². The predicted octanol–water partition coefficient (Wildman–Crippen LogP) is 5.05. The third kappa shape index (κ3) is 5.26. The number of hydrogen-bond acceptors (Lipinski definition) is 8. The van der Waals surface area contributed by atoms with E-state index in [0.29, 0.717) is 0 Å². The Morgan fingerprint density at radius 2 is 1.57 bits per heavy atom.